The molecule has 1 heterocycles. The van der Waals surface area contributed by atoms with Gasteiger partial charge in [-0.1, -0.05) is 12.1 Å². The molecule has 0 aliphatic rings. The number of nitrogens with one attached hydrogen (secondary N) is 1. The predicted octanol–water partition coefficient (Wildman–Crippen LogP) is 3.72. The van der Waals surface area contributed by atoms with Crippen LogP contribution in [0.15, 0.2) is 35.7 Å². The van der Waals surface area contributed by atoms with Gasteiger partial charge < -0.3 is 0 Å². The Morgan fingerprint density at radius 3 is 2.84 bits per heavy atom. The number of aryl methyl sites for hydroxylation is 2. The number of nitrogens with two attached hydrogens (primary N) is 1. The molecule has 2 nitrogen and oxygen atoms in total. The molecule has 2 rings (SSSR count). The van der Waals surface area contributed by atoms with E-state index >= 15 is 0 Å². The molecule has 1 atom stereocenters. The minimum absolute atomic E-state index is 0.0839. The van der Waals surface area contributed by atoms with E-state index in [0.29, 0.717) is 0 Å². The van der Waals surface area contributed by atoms with Gasteiger partial charge in [0.1, 0.15) is 5.82 Å². The first-order valence-electron chi connectivity index (χ1n) is 6.45. The second kappa shape index (κ2) is 6.80. The summed E-state index contributed by atoms with van der Waals surface area (Å²) in [6.45, 7) is 1.92. The van der Waals surface area contributed by atoms with Crippen molar-refractivity contribution in [2.45, 2.75) is 32.2 Å². The normalized spacial score (nSPS) is 12.6. The first-order valence-corrected chi connectivity index (χ1v) is 7.33. The first kappa shape index (κ1) is 14.2. The van der Waals surface area contributed by atoms with Crippen molar-refractivity contribution >= 4 is 11.3 Å². The van der Waals surface area contributed by atoms with E-state index < -0.39 is 0 Å². The summed E-state index contributed by atoms with van der Waals surface area (Å²) in [4.78, 5) is 1.39. The zero-order valence-electron chi connectivity index (χ0n) is 11.0. The Balaban J connectivity index is 1.95. The van der Waals surface area contributed by atoms with Crippen molar-refractivity contribution in [3.8, 4) is 0 Å². The molecule has 0 aliphatic heterocycles. The highest BCUT2D eigenvalue weighted by Gasteiger charge is 2.12. The van der Waals surface area contributed by atoms with Crippen LogP contribution in [0, 0.1) is 12.7 Å². The molecule has 102 valence electrons. The fourth-order valence-corrected chi connectivity index (χ4v) is 3.05. The van der Waals surface area contributed by atoms with E-state index in [4.69, 9.17) is 5.84 Å². The van der Waals surface area contributed by atoms with Crippen molar-refractivity contribution in [1.29, 1.82) is 0 Å². The van der Waals surface area contributed by atoms with E-state index in [-0.39, 0.29) is 11.9 Å². The van der Waals surface area contributed by atoms with Gasteiger partial charge in [-0.25, -0.2) is 4.39 Å². The summed E-state index contributed by atoms with van der Waals surface area (Å²) >= 11 is 1.78. The highest BCUT2D eigenvalue weighted by Crippen LogP contribution is 2.23. The van der Waals surface area contributed by atoms with Gasteiger partial charge in [-0.2, -0.15) is 0 Å². The van der Waals surface area contributed by atoms with Crippen LogP contribution >= 0.6 is 11.3 Å². The van der Waals surface area contributed by atoms with Crippen LogP contribution in [0.4, 0.5) is 4.39 Å². The summed E-state index contributed by atoms with van der Waals surface area (Å²) in [6.07, 6.45) is 3.07. The quantitative estimate of drug-likeness (QED) is 0.624. The van der Waals surface area contributed by atoms with E-state index in [1.807, 2.05) is 13.0 Å². The molecule has 1 unspecified atom stereocenters. The van der Waals surface area contributed by atoms with Crippen LogP contribution in [-0.2, 0) is 6.42 Å². The molecule has 0 fully saturated rings. The lowest BCUT2D eigenvalue weighted by molar-refractivity contribution is 0.496. The fraction of sp³-hybridized carbons (Fsp3) is 0.333. The van der Waals surface area contributed by atoms with Gasteiger partial charge in [0.2, 0.25) is 0 Å². The SMILES string of the molecule is Cc1cc(F)ccc1C(CCCc1cccs1)NN. The van der Waals surface area contributed by atoms with Gasteiger partial charge in [0.05, 0.1) is 0 Å². The summed E-state index contributed by atoms with van der Waals surface area (Å²) in [5.74, 6) is 5.43. The fourth-order valence-electron chi connectivity index (χ4n) is 2.29. The van der Waals surface area contributed by atoms with E-state index in [9.17, 15) is 4.39 Å². The number of hydrazine groups is 1. The zero-order valence-corrected chi connectivity index (χ0v) is 11.8. The number of halogens is 1. The monoisotopic (exact) mass is 278 g/mol. The van der Waals surface area contributed by atoms with Gasteiger partial charge in [-0.15, -0.1) is 11.3 Å². The van der Waals surface area contributed by atoms with Crippen molar-refractivity contribution in [3.63, 3.8) is 0 Å². The van der Waals surface area contributed by atoms with Crippen molar-refractivity contribution < 1.29 is 4.39 Å². The van der Waals surface area contributed by atoms with E-state index in [1.165, 1.54) is 10.9 Å². The van der Waals surface area contributed by atoms with Crippen molar-refractivity contribution in [2.75, 3.05) is 0 Å². The average Bonchev–Trinajstić information content (AvgIpc) is 2.89. The highest BCUT2D eigenvalue weighted by molar-refractivity contribution is 7.09. The molecule has 0 aliphatic carbocycles. The van der Waals surface area contributed by atoms with Crippen molar-refractivity contribution in [1.82, 2.24) is 5.43 Å². The molecule has 3 N–H and O–H groups in total. The minimum atomic E-state index is -0.199. The van der Waals surface area contributed by atoms with E-state index in [2.05, 4.69) is 22.9 Å². The van der Waals surface area contributed by atoms with Crippen molar-refractivity contribution in [3.05, 3.63) is 57.5 Å². The summed E-state index contributed by atoms with van der Waals surface area (Å²) in [7, 11) is 0. The number of hydrogen-bond donors (Lipinski definition) is 2. The lowest BCUT2D eigenvalue weighted by Gasteiger charge is -2.18. The smallest absolute Gasteiger partial charge is 0.123 e. The Bertz CT molecular complexity index is 511. The molecule has 0 saturated carbocycles. The molecule has 1 aromatic heterocycles. The van der Waals surface area contributed by atoms with Crippen LogP contribution in [0.1, 0.15) is 34.9 Å². The summed E-state index contributed by atoms with van der Waals surface area (Å²) in [5, 5.41) is 2.10. The Morgan fingerprint density at radius 1 is 1.37 bits per heavy atom. The highest BCUT2D eigenvalue weighted by atomic mass is 32.1. The Hall–Kier alpha value is -1.23. The minimum Gasteiger partial charge on any atom is -0.271 e. The standard InChI is InChI=1S/C15H19FN2S/c1-11-10-12(16)7-8-14(11)15(18-17)6-2-4-13-5-3-9-19-13/h3,5,7-10,15,18H,2,4,6,17H2,1H3. The molecule has 2 aromatic rings. The first-order chi connectivity index (χ1) is 9.20. The van der Waals surface area contributed by atoms with Crippen LogP contribution in [0.3, 0.4) is 0 Å². The third-order valence-corrected chi connectivity index (χ3v) is 4.24. The number of hydrogen-bond acceptors (Lipinski definition) is 3. The average molecular weight is 278 g/mol. The van der Waals surface area contributed by atoms with Gasteiger partial charge in [-0.3, -0.25) is 11.3 Å². The Morgan fingerprint density at radius 2 is 2.21 bits per heavy atom. The Kier molecular flexibility index (Phi) is 5.07. The maximum atomic E-state index is 13.1. The van der Waals surface area contributed by atoms with Crippen LogP contribution in [0.25, 0.3) is 0 Å². The molecule has 0 saturated heterocycles. The molecule has 0 bridgehead atoms. The van der Waals surface area contributed by atoms with Gasteiger partial charge in [0, 0.05) is 10.9 Å². The molecular formula is C15H19FN2S. The van der Waals surface area contributed by atoms with Crippen molar-refractivity contribution in [2.24, 2.45) is 5.84 Å². The zero-order chi connectivity index (χ0) is 13.7. The lowest BCUT2D eigenvalue weighted by atomic mass is 9.97. The Labute approximate surface area is 117 Å². The van der Waals surface area contributed by atoms with Gasteiger partial charge in [-0.05, 0) is 60.9 Å². The summed E-state index contributed by atoms with van der Waals surface area (Å²) in [5.41, 5.74) is 4.86. The third-order valence-electron chi connectivity index (χ3n) is 3.30. The second-order valence-corrected chi connectivity index (χ2v) is 5.72. The van der Waals surface area contributed by atoms with Crippen LogP contribution in [-0.4, -0.2) is 0 Å². The molecule has 1 aromatic carbocycles. The molecular weight excluding hydrogens is 259 g/mol. The molecule has 0 spiro atoms. The summed E-state index contributed by atoms with van der Waals surface area (Å²) < 4.78 is 13.1. The topological polar surface area (TPSA) is 38.0 Å². The van der Waals surface area contributed by atoms with Crippen LogP contribution < -0.4 is 11.3 Å². The number of thiophene rings is 1. The number of benzene rings is 1. The maximum Gasteiger partial charge on any atom is 0.123 e. The van der Waals surface area contributed by atoms with Gasteiger partial charge >= 0.3 is 0 Å². The van der Waals surface area contributed by atoms with Gasteiger partial charge in [0.15, 0.2) is 0 Å². The molecule has 19 heavy (non-hydrogen) atoms. The molecule has 4 heteroatoms. The lowest BCUT2D eigenvalue weighted by Crippen LogP contribution is -2.28. The maximum absolute atomic E-state index is 13.1. The van der Waals surface area contributed by atoms with E-state index in [0.717, 1.165) is 30.4 Å². The molecule has 0 amide bonds. The van der Waals surface area contributed by atoms with Crippen LogP contribution in [0.2, 0.25) is 0 Å². The second-order valence-electron chi connectivity index (χ2n) is 4.69. The third kappa shape index (κ3) is 3.86. The van der Waals surface area contributed by atoms with E-state index in [1.54, 1.807) is 17.4 Å². The summed E-state index contributed by atoms with van der Waals surface area (Å²) in [6, 6.07) is 9.17. The molecule has 0 radical (unpaired) electrons. The van der Waals surface area contributed by atoms with Crippen LogP contribution in [0.5, 0.6) is 0 Å². The largest absolute Gasteiger partial charge is 0.271 e. The predicted molar refractivity (Wildman–Crippen MR) is 78.5 cm³/mol. The number of rotatable bonds is 6. The van der Waals surface area contributed by atoms with Gasteiger partial charge in [0.25, 0.3) is 0 Å².